The third-order valence-corrected chi connectivity index (χ3v) is 2.61. The quantitative estimate of drug-likeness (QED) is 0.646. The van der Waals surface area contributed by atoms with Gasteiger partial charge in [0, 0.05) is 12.1 Å². The number of fused-ring (bicyclic) bond motifs is 1. The van der Waals surface area contributed by atoms with Crippen molar-refractivity contribution < 1.29 is 9.55 Å². The maximum Gasteiger partial charge on any atom is 0.294 e. The second-order valence-electron chi connectivity index (χ2n) is 3.80. The number of nitrogens with one attached hydrogen (secondary N) is 1. The van der Waals surface area contributed by atoms with Gasteiger partial charge in [-0.1, -0.05) is 6.92 Å². The fourth-order valence-electron chi connectivity index (χ4n) is 1.48. The van der Waals surface area contributed by atoms with Gasteiger partial charge in [-0.2, -0.15) is 0 Å². The van der Waals surface area contributed by atoms with Crippen LogP contribution in [0, 0.1) is 10.1 Å². The average Bonchev–Trinajstić information content (AvgIpc) is 2.77. The number of rotatable bonds is 4. The number of hydrogen-bond donors (Lipinski definition) is 1. The molecule has 2 rings (SSSR count). The van der Waals surface area contributed by atoms with Gasteiger partial charge in [0.1, 0.15) is 11.2 Å². The molecule has 1 N–H and O–H groups in total. The van der Waals surface area contributed by atoms with Crippen LogP contribution in [0.25, 0.3) is 11.0 Å². The SMILES string of the molecule is CC[C@@H](C)Nc1c([N+](=O)[O-])ccc2nonc12. The van der Waals surface area contributed by atoms with Gasteiger partial charge in [-0.3, -0.25) is 10.1 Å². The van der Waals surface area contributed by atoms with Gasteiger partial charge < -0.3 is 5.32 Å². The van der Waals surface area contributed by atoms with Crippen molar-refractivity contribution >= 4 is 22.4 Å². The van der Waals surface area contributed by atoms with E-state index >= 15 is 0 Å². The first kappa shape index (κ1) is 11.3. The molecular weight excluding hydrogens is 224 g/mol. The van der Waals surface area contributed by atoms with E-state index in [1.807, 2.05) is 13.8 Å². The summed E-state index contributed by atoms with van der Waals surface area (Å²) in [6.07, 6.45) is 0.846. The molecule has 0 aliphatic carbocycles. The molecule has 90 valence electrons. The first-order valence-corrected chi connectivity index (χ1v) is 5.29. The van der Waals surface area contributed by atoms with E-state index in [1.54, 1.807) is 0 Å². The highest BCUT2D eigenvalue weighted by atomic mass is 16.6. The third-order valence-electron chi connectivity index (χ3n) is 2.61. The summed E-state index contributed by atoms with van der Waals surface area (Å²) in [6, 6.07) is 3.03. The maximum absolute atomic E-state index is 10.9. The molecule has 0 amide bonds. The summed E-state index contributed by atoms with van der Waals surface area (Å²) in [7, 11) is 0. The van der Waals surface area contributed by atoms with Gasteiger partial charge >= 0.3 is 0 Å². The minimum Gasteiger partial charge on any atom is -0.375 e. The second kappa shape index (κ2) is 4.36. The summed E-state index contributed by atoms with van der Waals surface area (Å²) in [5, 5.41) is 21.4. The summed E-state index contributed by atoms with van der Waals surface area (Å²) in [4.78, 5) is 10.5. The highest BCUT2D eigenvalue weighted by Crippen LogP contribution is 2.31. The predicted molar refractivity (Wildman–Crippen MR) is 61.8 cm³/mol. The van der Waals surface area contributed by atoms with E-state index in [-0.39, 0.29) is 11.7 Å². The van der Waals surface area contributed by atoms with Crippen LogP contribution in [0.4, 0.5) is 11.4 Å². The van der Waals surface area contributed by atoms with Crippen LogP contribution < -0.4 is 5.32 Å². The molecule has 0 aliphatic heterocycles. The van der Waals surface area contributed by atoms with Gasteiger partial charge in [0.25, 0.3) is 5.69 Å². The zero-order chi connectivity index (χ0) is 12.4. The molecule has 0 saturated carbocycles. The fourth-order valence-corrected chi connectivity index (χ4v) is 1.48. The molecule has 2 aromatic rings. The molecule has 0 saturated heterocycles. The Labute approximate surface area is 96.9 Å². The number of aromatic nitrogens is 2. The van der Waals surface area contributed by atoms with Crippen LogP contribution >= 0.6 is 0 Å². The van der Waals surface area contributed by atoms with Crippen LogP contribution in [0.3, 0.4) is 0 Å². The molecule has 1 aromatic heterocycles. The van der Waals surface area contributed by atoms with E-state index in [0.29, 0.717) is 16.7 Å². The fraction of sp³-hybridized carbons (Fsp3) is 0.400. The van der Waals surface area contributed by atoms with Gasteiger partial charge in [-0.05, 0) is 29.7 Å². The summed E-state index contributed by atoms with van der Waals surface area (Å²) in [6.45, 7) is 3.93. The van der Waals surface area contributed by atoms with Gasteiger partial charge in [0.05, 0.1) is 4.92 Å². The lowest BCUT2D eigenvalue weighted by Gasteiger charge is -2.12. The van der Waals surface area contributed by atoms with E-state index < -0.39 is 4.92 Å². The number of nitro benzene ring substituents is 1. The maximum atomic E-state index is 10.9. The first-order chi connectivity index (χ1) is 8.13. The molecule has 17 heavy (non-hydrogen) atoms. The van der Waals surface area contributed by atoms with E-state index in [0.717, 1.165) is 6.42 Å². The van der Waals surface area contributed by atoms with Gasteiger partial charge in [0.2, 0.25) is 0 Å². The van der Waals surface area contributed by atoms with Crippen LogP contribution in [-0.4, -0.2) is 21.3 Å². The van der Waals surface area contributed by atoms with Crippen molar-refractivity contribution in [3.05, 3.63) is 22.2 Å². The lowest BCUT2D eigenvalue weighted by Crippen LogP contribution is -2.14. The Morgan fingerprint density at radius 3 is 2.94 bits per heavy atom. The lowest BCUT2D eigenvalue weighted by molar-refractivity contribution is -0.383. The van der Waals surface area contributed by atoms with E-state index in [1.165, 1.54) is 12.1 Å². The smallest absolute Gasteiger partial charge is 0.294 e. The highest BCUT2D eigenvalue weighted by molar-refractivity contribution is 5.92. The largest absolute Gasteiger partial charge is 0.375 e. The second-order valence-corrected chi connectivity index (χ2v) is 3.80. The average molecular weight is 236 g/mol. The monoisotopic (exact) mass is 236 g/mol. The van der Waals surface area contributed by atoms with Crippen LogP contribution in [0.1, 0.15) is 20.3 Å². The van der Waals surface area contributed by atoms with Crippen molar-refractivity contribution in [2.24, 2.45) is 0 Å². The Balaban J connectivity index is 2.57. The summed E-state index contributed by atoms with van der Waals surface area (Å²) in [5.41, 5.74) is 1.23. The van der Waals surface area contributed by atoms with Gasteiger partial charge in [-0.15, -0.1) is 0 Å². The molecule has 0 fully saturated rings. The third kappa shape index (κ3) is 2.03. The Kier molecular flexibility index (Phi) is 2.90. The molecule has 1 aromatic carbocycles. The number of hydrogen-bond acceptors (Lipinski definition) is 6. The molecule has 7 nitrogen and oxygen atoms in total. The van der Waals surface area contributed by atoms with Crippen molar-refractivity contribution in [1.82, 2.24) is 10.3 Å². The molecule has 0 aliphatic rings. The number of nitro groups is 1. The summed E-state index contributed by atoms with van der Waals surface area (Å²) >= 11 is 0. The summed E-state index contributed by atoms with van der Waals surface area (Å²) < 4.78 is 4.59. The Hall–Kier alpha value is -2.18. The zero-order valence-corrected chi connectivity index (χ0v) is 9.51. The van der Waals surface area contributed by atoms with Crippen LogP contribution in [0.5, 0.6) is 0 Å². The molecule has 0 radical (unpaired) electrons. The van der Waals surface area contributed by atoms with Crippen molar-refractivity contribution in [3.8, 4) is 0 Å². The minimum atomic E-state index is -0.446. The van der Waals surface area contributed by atoms with Crippen LogP contribution in [0.15, 0.2) is 16.8 Å². The Morgan fingerprint density at radius 2 is 2.29 bits per heavy atom. The minimum absolute atomic E-state index is 0.0199. The van der Waals surface area contributed by atoms with Crippen molar-refractivity contribution in [2.45, 2.75) is 26.3 Å². The predicted octanol–water partition coefficient (Wildman–Crippen LogP) is 2.34. The molecule has 0 spiro atoms. The zero-order valence-electron chi connectivity index (χ0n) is 9.51. The van der Waals surface area contributed by atoms with E-state index in [2.05, 4.69) is 20.3 Å². The topological polar surface area (TPSA) is 94.1 Å². The van der Waals surface area contributed by atoms with Gasteiger partial charge in [0.15, 0.2) is 5.52 Å². The molecule has 1 heterocycles. The Morgan fingerprint density at radius 1 is 1.53 bits per heavy atom. The Bertz CT molecular complexity index is 551. The number of anilines is 1. The van der Waals surface area contributed by atoms with E-state index in [4.69, 9.17) is 0 Å². The molecular formula is C10H12N4O3. The van der Waals surface area contributed by atoms with Crippen molar-refractivity contribution in [1.29, 1.82) is 0 Å². The summed E-state index contributed by atoms with van der Waals surface area (Å²) in [5.74, 6) is 0. The standard InChI is InChI=1S/C10H12N4O3/c1-3-6(2)11-10-8(14(15)16)5-4-7-9(10)13-17-12-7/h4-6,11H,3H2,1-2H3/t6-/m1/s1. The van der Waals surface area contributed by atoms with Crippen molar-refractivity contribution in [2.75, 3.05) is 5.32 Å². The number of nitrogens with zero attached hydrogens (tertiary/aromatic N) is 3. The normalized spacial score (nSPS) is 12.6. The van der Waals surface area contributed by atoms with Crippen molar-refractivity contribution in [3.63, 3.8) is 0 Å². The van der Waals surface area contributed by atoms with E-state index in [9.17, 15) is 10.1 Å². The lowest BCUT2D eigenvalue weighted by atomic mass is 10.2. The van der Waals surface area contributed by atoms with Gasteiger partial charge in [-0.25, -0.2) is 4.63 Å². The van der Waals surface area contributed by atoms with Crippen LogP contribution in [0.2, 0.25) is 0 Å². The molecule has 0 bridgehead atoms. The molecule has 1 atom stereocenters. The molecule has 0 unspecified atom stereocenters. The number of benzene rings is 1. The molecule has 7 heteroatoms. The first-order valence-electron chi connectivity index (χ1n) is 5.29. The van der Waals surface area contributed by atoms with Crippen LogP contribution in [-0.2, 0) is 0 Å². The highest BCUT2D eigenvalue weighted by Gasteiger charge is 2.21.